The summed E-state index contributed by atoms with van der Waals surface area (Å²) >= 11 is 0. The van der Waals surface area contributed by atoms with Gasteiger partial charge in [0.05, 0.1) is 18.1 Å². The van der Waals surface area contributed by atoms with Crippen molar-refractivity contribution in [3.05, 3.63) is 48.8 Å². The van der Waals surface area contributed by atoms with E-state index in [0.29, 0.717) is 6.54 Å². The average Bonchev–Trinajstić information content (AvgIpc) is 2.92. The number of hydrogen-bond acceptors (Lipinski definition) is 3. The van der Waals surface area contributed by atoms with Gasteiger partial charge in [0, 0.05) is 31.2 Å². The summed E-state index contributed by atoms with van der Waals surface area (Å²) in [5.41, 5.74) is 0.838. The van der Waals surface area contributed by atoms with Crippen molar-refractivity contribution in [1.29, 1.82) is 0 Å². The maximum atomic E-state index is 11.9. The van der Waals surface area contributed by atoms with Gasteiger partial charge in [-0.15, -0.1) is 0 Å². The van der Waals surface area contributed by atoms with E-state index in [1.54, 1.807) is 18.7 Å². The van der Waals surface area contributed by atoms with Crippen LogP contribution in [0.2, 0.25) is 0 Å². The van der Waals surface area contributed by atoms with Crippen LogP contribution in [0.4, 0.5) is 4.79 Å². The number of hydrogen-bond donors (Lipinski definition) is 2. The zero-order valence-electron chi connectivity index (χ0n) is 11.7. The summed E-state index contributed by atoms with van der Waals surface area (Å²) in [6, 6.07) is 5.33. The van der Waals surface area contributed by atoms with Crippen molar-refractivity contribution in [3.8, 4) is 0 Å². The molecule has 0 aliphatic rings. The molecule has 2 atom stereocenters. The van der Waals surface area contributed by atoms with Gasteiger partial charge in [0.25, 0.3) is 0 Å². The van der Waals surface area contributed by atoms with Crippen molar-refractivity contribution < 1.29 is 4.79 Å². The summed E-state index contributed by atoms with van der Waals surface area (Å²) < 4.78 is 1.92. The highest BCUT2D eigenvalue weighted by atomic mass is 16.2. The summed E-state index contributed by atoms with van der Waals surface area (Å²) in [5.74, 6) is 0. The molecule has 2 amide bonds. The number of imidazole rings is 1. The second kappa shape index (κ2) is 6.70. The molecule has 2 N–H and O–H groups in total. The Bertz CT molecular complexity index is 526. The van der Waals surface area contributed by atoms with Gasteiger partial charge in [-0.05, 0) is 26.0 Å². The number of nitrogens with zero attached hydrogens (tertiary/aromatic N) is 3. The number of amides is 2. The van der Waals surface area contributed by atoms with Gasteiger partial charge in [-0.2, -0.15) is 0 Å². The molecule has 2 rings (SSSR count). The lowest BCUT2D eigenvalue weighted by Crippen LogP contribution is -2.43. The number of pyridine rings is 1. The Labute approximate surface area is 118 Å². The molecule has 6 nitrogen and oxygen atoms in total. The molecular formula is C14H19N5O. The first-order valence-corrected chi connectivity index (χ1v) is 6.59. The monoisotopic (exact) mass is 273 g/mol. The fraction of sp³-hybridized carbons (Fsp3) is 0.357. The molecule has 2 aromatic rings. The van der Waals surface area contributed by atoms with Crippen LogP contribution in [0.5, 0.6) is 0 Å². The molecule has 0 radical (unpaired) electrons. The third-order valence-electron chi connectivity index (χ3n) is 2.90. The number of rotatable bonds is 5. The van der Waals surface area contributed by atoms with Crippen molar-refractivity contribution in [1.82, 2.24) is 25.2 Å². The smallest absolute Gasteiger partial charge is 0.315 e. The first-order valence-electron chi connectivity index (χ1n) is 6.59. The van der Waals surface area contributed by atoms with Gasteiger partial charge in [0.1, 0.15) is 0 Å². The van der Waals surface area contributed by atoms with E-state index in [1.807, 2.05) is 42.8 Å². The van der Waals surface area contributed by atoms with E-state index in [2.05, 4.69) is 20.6 Å². The normalized spacial score (nSPS) is 13.5. The fourth-order valence-electron chi connectivity index (χ4n) is 1.92. The van der Waals surface area contributed by atoms with Crippen LogP contribution >= 0.6 is 0 Å². The zero-order chi connectivity index (χ0) is 14.4. The Balaban J connectivity index is 1.80. The Morgan fingerprint density at radius 3 is 2.80 bits per heavy atom. The molecule has 0 aliphatic carbocycles. The van der Waals surface area contributed by atoms with Crippen molar-refractivity contribution >= 4 is 6.03 Å². The molecule has 0 saturated carbocycles. The van der Waals surface area contributed by atoms with Crippen LogP contribution in [-0.4, -0.2) is 26.6 Å². The summed E-state index contributed by atoms with van der Waals surface area (Å²) in [7, 11) is 0. The van der Waals surface area contributed by atoms with Crippen LogP contribution in [0.25, 0.3) is 0 Å². The van der Waals surface area contributed by atoms with Gasteiger partial charge in [0.15, 0.2) is 0 Å². The van der Waals surface area contributed by atoms with Gasteiger partial charge in [-0.1, -0.05) is 6.07 Å². The highest BCUT2D eigenvalue weighted by molar-refractivity contribution is 5.74. The predicted molar refractivity (Wildman–Crippen MR) is 76.0 cm³/mol. The van der Waals surface area contributed by atoms with Gasteiger partial charge in [0.2, 0.25) is 0 Å². The van der Waals surface area contributed by atoms with E-state index in [0.717, 1.165) is 5.69 Å². The van der Waals surface area contributed by atoms with Gasteiger partial charge < -0.3 is 15.2 Å². The summed E-state index contributed by atoms with van der Waals surface area (Å²) in [6.07, 6.45) is 7.03. The number of nitrogens with one attached hydrogen (secondary N) is 2. The molecule has 20 heavy (non-hydrogen) atoms. The van der Waals surface area contributed by atoms with E-state index < -0.39 is 0 Å². The Hall–Kier alpha value is -2.37. The van der Waals surface area contributed by atoms with Gasteiger partial charge in [-0.3, -0.25) is 4.98 Å². The van der Waals surface area contributed by atoms with Crippen molar-refractivity contribution in [3.63, 3.8) is 0 Å². The van der Waals surface area contributed by atoms with Crippen molar-refractivity contribution in [2.45, 2.75) is 32.5 Å². The SMILES string of the molecule is C[C@H](Cn1ccnc1)NC(=O)N[C@@H](C)c1ccccn1. The van der Waals surface area contributed by atoms with E-state index in [4.69, 9.17) is 0 Å². The number of urea groups is 1. The standard InChI is InChI=1S/C14H19N5O/c1-11(9-19-8-7-15-10-19)17-14(20)18-12(2)13-5-3-4-6-16-13/h3-8,10-12H,9H2,1-2H3,(H2,17,18,20)/t11-,12+/m1/s1. The largest absolute Gasteiger partial charge is 0.335 e. The molecule has 0 spiro atoms. The Kier molecular flexibility index (Phi) is 4.70. The summed E-state index contributed by atoms with van der Waals surface area (Å²) in [6.45, 7) is 4.54. The lowest BCUT2D eigenvalue weighted by Gasteiger charge is -2.18. The topological polar surface area (TPSA) is 71.8 Å². The fourth-order valence-corrected chi connectivity index (χ4v) is 1.92. The quantitative estimate of drug-likeness (QED) is 0.871. The molecule has 0 saturated heterocycles. The van der Waals surface area contributed by atoms with Crippen LogP contribution in [0.15, 0.2) is 43.1 Å². The highest BCUT2D eigenvalue weighted by Crippen LogP contribution is 2.07. The van der Waals surface area contributed by atoms with Gasteiger partial charge in [-0.25, -0.2) is 9.78 Å². The van der Waals surface area contributed by atoms with Crippen molar-refractivity contribution in [2.24, 2.45) is 0 Å². The first kappa shape index (κ1) is 14.0. The maximum absolute atomic E-state index is 11.9. The molecule has 6 heteroatoms. The van der Waals surface area contributed by atoms with Crippen LogP contribution in [0, 0.1) is 0 Å². The van der Waals surface area contributed by atoms with Crippen LogP contribution in [0.3, 0.4) is 0 Å². The predicted octanol–water partition coefficient (Wildman–Crippen LogP) is 1.73. The minimum absolute atomic E-state index is 0.0140. The maximum Gasteiger partial charge on any atom is 0.315 e. The van der Waals surface area contributed by atoms with E-state index in [9.17, 15) is 4.79 Å². The molecule has 0 aliphatic heterocycles. The second-order valence-electron chi connectivity index (χ2n) is 4.75. The number of carbonyl (C=O) groups excluding carboxylic acids is 1. The third kappa shape index (κ3) is 4.08. The zero-order valence-corrected chi connectivity index (χ0v) is 11.7. The summed E-state index contributed by atoms with van der Waals surface area (Å²) in [4.78, 5) is 20.1. The molecule has 106 valence electrons. The number of carbonyl (C=O) groups is 1. The number of aromatic nitrogens is 3. The summed E-state index contributed by atoms with van der Waals surface area (Å²) in [5, 5.41) is 5.76. The van der Waals surface area contributed by atoms with E-state index >= 15 is 0 Å². The third-order valence-corrected chi connectivity index (χ3v) is 2.90. The average molecular weight is 273 g/mol. The lowest BCUT2D eigenvalue weighted by atomic mass is 10.2. The Morgan fingerprint density at radius 2 is 2.15 bits per heavy atom. The molecular weight excluding hydrogens is 254 g/mol. The highest BCUT2D eigenvalue weighted by Gasteiger charge is 2.12. The van der Waals surface area contributed by atoms with E-state index in [-0.39, 0.29) is 18.1 Å². The minimum Gasteiger partial charge on any atom is -0.335 e. The molecule has 0 unspecified atom stereocenters. The van der Waals surface area contributed by atoms with Crippen LogP contribution in [-0.2, 0) is 6.54 Å². The molecule has 2 heterocycles. The lowest BCUT2D eigenvalue weighted by molar-refractivity contribution is 0.233. The first-order chi connectivity index (χ1) is 9.65. The van der Waals surface area contributed by atoms with Gasteiger partial charge >= 0.3 is 6.03 Å². The Morgan fingerprint density at radius 1 is 1.30 bits per heavy atom. The van der Waals surface area contributed by atoms with Crippen LogP contribution < -0.4 is 10.6 Å². The molecule has 0 fully saturated rings. The van der Waals surface area contributed by atoms with Crippen molar-refractivity contribution in [2.75, 3.05) is 0 Å². The molecule has 0 aromatic carbocycles. The molecule has 0 bridgehead atoms. The van der Waals surface area contributed by atoms with Crippen LogP contribution in [0.1, 0.15) is 25.6 Å². The molecule has 2 aromatic heterocycles. The minimum atomic E-state index is -0.198. The second-order valence-corrected chi connectivity index (χ2v) is 4.75. The van der Waals surface area contributed by atoms with E-state index in [1.165, 1.54) is 0 Å².